The Bertz CT molecular complexity index is 466. The monoisotopic (exact) mass is 309 g/mol. The average molecular weight is 310 g/mol. The molecule has 1 unspecified atom stereocenters. The summed E-state index contributed by atoms with van der Waals surface area (Å²) in [7, 11) is 0. The fraction of sp³-hybridized carbons (Fsp3) is 0.588. The fourth-order valence-corrected chi connectivity index (χ4v) is 3.28. The van der Waals surface area contributed by atoms with Crippen LogP contribution in [0, 0.1) is 5.92 Å². The van der Waals surface area contributed by atoms with E-state index in [2.05, 4.69) is 5.32 Å². The van der Waals surface area contributed by atoms with Crippen molar-refractivity contribution < 1.29 is 9.90 Å². The normalized spacial score (nSPS) is 18.4. The lowest BCUT2D eigenvalue weighted by Crippen LogP contribution is -2.44. The minimum atomic E-state index is -0.399. The third-order valence-electron chi connectivity index (χ3n) is 4.52. The molecular formula is C17H24ClNO2. The Morgan fingerprint density at radius 2 is 1.95 bits per heavy atom. The largest absolute Gasteiger partial charge is 0.396 e. The SMILES string of the molecule is CC(CCO)CNC(=O)C1(c2ccc(Cl)cc2)CCCC1. The van der Waals surface area contributed by atoms with Gasteiger partial charge in [0.1, 0.15) is 0 Å². The molecule has 0 spiro atoms. The van der Waals surface area contributed by atoms with Gasteiger partial charge in [0, 0.05) is 18.2 Å². The first-order valence-corrected chi connectivity index (χ1v) is 8.11. The first-order valence-electron chi connectivity index (χ1n) is 7.74. The molecule has 0 bridgehead atoms. The van der Waals surface area contributed by atoms with Crippen molar-refractivity contribution in [3.8, 4) is 0 Å². The summed E-state index contributed by atoms with van der Waals surface area (Å²) in [6.07, 6.45) is 4.68. The number of aliphatic hydroxyl groups is 1. The third kappa shape index (κ3) is 3.78. The van der Waals surface area contributed by atoms with Crippen LogP contribution in [0.1, 0.15) is 44.6 Å². The van der Waals surface area contributed by atoms with E-state index in [1.165, 1.54) is 0 Å². The van der Waals surface area contributed by atoms with Gasteiger partial charge in [-0.2, -0.15) is 0 Å². The fourth-order valence-electron chi connectivity index (χ4n) is 3.15. The molecule has 4 heteroatoms. The average Bonchev–Trinajstić information content (AvgIpc) is 2.96. The van der Waals surface area contributed by atoms with Crippen LogP contribution in [-0.2, 0) is 10.2 Å². The number of rotatable bonds is 6. The maximum atomic E-state index is 12.8. The smallest absolute Gasteiger partial charge is 0.230 e. The molecule has 116 valence electrons. The zero-order valence-electron chi connectivity index (χ0n) is 12.6. The van der Waals surface area contributed by atoms with Crippen LogP contribution in [0.5, 0.6) is 0 Å². The van der Waals surface area contributed by atoms with Gasteiger partial charge >= 0.3 is 0 Å². The molecule has 0 radical (unpaired) electrons. The molecule has 1 saturated carbocycles. The van der Waals surface area contributed by atoms with Crippen LogP contribution in [0.15, 0.2) is 24.3 Å². The Hall–Kier alpha value is -1.06. The molecule has 0 aromatic heterocycles. The van der Waals surface area contributed by atoms with Crippen molar-refractivity contribution in [1.82, 2.24) is 5.32 Å². The Labute approximate surface area is 131 Å². The van der Waals surface area contributed by atoms with Gasteiger partial charge in [-0.15, -0.1) is 0 Å². The van der Waals surface area contributed by atoms with Gasteiger partial charge in [-0.05, 0) is 42.9 Å². The number of nitrogens with one attached hydrogen (secondary N) is 1. The zero-order chi connectivity index (χ0) is 15.3. The number of halogens is 1. The van der Waals surface area contributed by atoms with E-state index in [4.69, 9.17) is 16.7 Å². The molecule has 3 nitrogen and oxygen atoms in total. The molecule has 1 atom stereocenters. The summed E-state index contributed by atoms with van der Waals surface area (Å²) in [5.41, 5.74) is 0.667. The Morgan fingerprint density at radius 3 is 2.52 bits per heavy atom. The number of benzene rings is 1. The molecule has 1 aromatic rings. The van der Waals surface area contributed by atoms with Gasteiger partial charge in [0.25, 0.3) is 0 Å². The van der Waals surface area contributed by atoms with Crippen LogP contribution in [0.4, 0.5) is 0 Å². The van der Waals surface area contributed by atoms with E-state index in [1.54, 1.807) is 0 Å². The first kappa shape index (κ1) is 16.3. The number of carbonyl (C=O) groups excluding carboxylic acids is 1. The molecule has 1 fully saturated rings. The highest BCUT2D eigenvalue weighted by atomic mass is 35.5. The minimum absolute atomic E-state index is 0.118. The van der Waals surface area contributed by atoms with Crippen LogP contribution < -0.4 is 5.32 Å². The molecule has 21 heavy (non-hydrogen) atoms. The van der Waals surface area contributed by atoms with Gasteiger partial charge in [0.15, 0.2) is 0 Å². The highest BCUT2D eigenvalue weighted by Crippen LogP contribution is 2.41. The van der Waals surface area contributed by atoms with Crippen molar-refractivity contribution in [3.63, 3.8) is 0 Å². The Kier molecular flexibility index (Phi) is 5.65. The van der Waals surface area contributed by atoms with Crippen molar-refractivity contribution in [1.29, 1.82) is 0 Å². The van der Waals surface area contributed by atoms with Gasteiger partial charge in [-0.25, -0.2) is 0 Å². The molecule has 0 saturated heterocycles. The molecule has 2 N–H and O–H groups in total. The lowest BCUT2D eigenvalue weighted by atomic mass is 9.78. The van der Waals surface area contributed by atoms with E-state index in [1.807, 2.05) is 31.2 Å². The second-order valence-electron chi connectivity index (χ2n) is 6.12. The topological polar surface area (TPSA) is 49.3 Å². The summed E-state index contributed by atoms with van der Waals surface area (Å²) < 4.78 is 0. The molecule has 1 amide bonds. The summed E-state index contributed by atoms with van der Waals surface area (Å²) in [5, 5.41) is 12.7. The van der Waals surface area contributed by atoms with E-state index >= 15 is 0 Å². The maximum Gasteiger partial charge on any atom is 0.230 e. The number of aliphatic hydroxyl groups excluding tert-OH is 1. The second-order valence-corrected chi connectivity index (χ2v) is 6.56. The Morgan fingerprint density at radius 1 is 1.33 bits per heavy atom. The van der Waals surface area contributed by atoms with E-state index in [9.17, 15) is 4.79 Å². The van der Waals surface area contributed by atoms with Crippen LogP contribution in [0.2, 0.25) is 5.02 Å². The summed E-state index contributed by atoms with van der Waals surface area (Å²) in [6.45, 7) is 2.83. The van der Waals surface area contributed by atoms with Gasteiger partial charge in [-0.3, -0.25) is 4.79 Å². The molecule has 1 aliphatic rings. The number of hydrogen-bond donors (Lipinski definition) is 2. The van der Waals surface area contributed by atoms with Crippen molar-refractivity contribution in [2.24, 2.45) is 5.92 Å². The van der Waals surface area contributed by atoms with Crippen molar-refractivity contribution in [2.75, 3.05) is 13.2 Å². The highest BCUT2D eigenvalue weighted by Gasteiger charge is 2.42. The van der Waals surface area contributed by atoms with E-state index < -0.39 is 5.41 Å². The lowest BCUT2D eigenvalue weighted by molar-refractivity contribution is -0.126. The number of amides is 1. The maximum absolute atomic E-state index is 12.8. The predicted molar refractivity (Wildman–Crippen MR) is 85.5 cm³/mol. The van der Waals surface area contributed by atoms with E-state index in [0.29, 0.717) is 23.9 Å². The van der Waals surface area contributed by atoms with Crippen LogP contribution >= 0.6 is 11.6 Å². The quantitative estimate of drug-likeness (QED) is 0.847. The first-order chi connectivity index (χ1) is 10.1. The molecule has 0 aliphatic heterocycles. The number of hydrogen-bond acceptors (Lipinski definition) is 2. The summed E-state index contributed by atoms with van der Waals surface area (Å²) in [6, 6.07) is 7.67. The van der Waals surface area contributed by atoms with Gasteiger partial charge < -0.3 is 10.4 Å². The lowest BCUT2D eigenvalue weighted by Gasteiger charge is -2.29. The van der Waals surface area contributed by atoms with E-state index in [-0.39, 0.29) is 12.5 Å². The molecule has 0 heterocycles. The summed E-state index contributed by atoms with van der Waals surface area (Å²) >= 11 is 5.96. The van der Waals surface area contributed by atoms with Gasteiger partial charge in [0.05, 0.1) is 5.41 Å². The molecule has 1 aliphatic carbocycles. The van der Waals surface area contributed by atoms with Gasteiger partial charge in [-0.1, -0.05) is 43.5 Å². The predicted octanol–water partition coefficient (Wildman–Crippen LogP) is 3.29. The van der Waals surface area contributed by atoms with Crippen molar-refractivity contribution in [3.05, 3.63) is 34.9 Å². The van der Waals surface area contributed by atoms with Crippen LogP contribution in [0.3, 0.4) is 0 Å². The standard InChI is InChI=1S/C17H24ClNO2/c1-13(8-11-20)12-19-16(21)17(9-2-3-10-17)14-4-6-15(18)7-5-14/h4-7,13,20H,2-3,8-12H2,1H3,(H,19,21). The zero-order valence-corrected chi connectivity index (χ0v) is 13.3. The molecule has 2 rings (SSSR count). The number of carbonyl (C=O) groups is 1. The van der Waals surface area contributed by atoms with Crippen molar-refractivity contribution in [2.45, 2.75) is 44.4 Å². The van der Waals surface area contributed by atoms with Crippen LogP contribution in [0.25, 0.3) is 0 Å². The van der Waals surface area contributed by atoms with Crippen LogP contribution in [-0.4, -0.2) is 24.2 Å². The Balaban J connectivity index is 2.10. The summed E-state index contributed by atoms with van der Waals surface area (Å²) in [5.74, 6) is 0.412. The van der Waals surface area contributed by atoms with Gasteiger partial charge in [0.2, 0.25) is 5.91 Å². The molecule has 1 aromatic carbocycles. The highest BCUT2D eigenvalue weighted by molar-refractivity contribution is 6.30. The van der Waals surface area contributed by atoms with Crippen molar-refractivity contribution >= 4 is 17.5 Å². The second kappa shape index (κ2) is 7.28. The minimum Gasteiger partial charge on any atom is -0.396 e. The van der Waals surface area contributed by atoms with E-state index in [0.717, 1.165) is 31.2 Å². The summed E-state index contributed by atoms with van der Waals surface area (Å²) in [4.78, 5) is 12.8. The molecular weight excluding hydrogens is 286 g/mol. The third-order valence-corrected chi connectivity index (χ3v) is 4.77.